The average Bonchev–Trinajstić information content (AvgIpc) is 2.30. The fourth-order valence-electron chi connectivity index (χ4n) is 1.36. The van der Waals surface area contributed by atoms with Gasteiger partial charge in [-0.2, -0.15) is 0 Å². The Morgan fingerprint density at radius 2 is 2.00 bits per heavy atom. The molecule has 112 valence electrons. The number of carboxylic acids is 1. The van der Waals surface area contributed by atoms with Crippen molar-refractivity contribution < 1.29 is 19.4 Å². The summed E-state index contributed by atoms with van der Waals surface area (Å²) in [6, 6.07) is -1.04. The van der Waals surface area contributed by atoms with Crippen molar-refractivity contribution in [3.05, 3.63) is 36.5 Å². The summed E-state index contributed by atoms with van der Waals surface area (Å²) in [4.78, 5) is 22.8. The third-order valence-corrected chi connectivity index (χ3v) is 2.25. The van der Waals surface area contributed by atoms with Crippen LogP contribution in [0.1, 0.15) is 34.1 Å². The molecule has 0 aliphatic heterocycles. The van der Waals surface area contributed by atoms with Gasteiger partial charge >= 0.3 is 12.1 Å². The quantitative estimate of drug-likeness (QED) is 0.734. The Balaban J connectivity index is 4.74. The van der Waals surface area contributed by atoms with Crippen LogP contribution in [0, 0.1) is 0 Å². The predicted molar refractivity (Wildman–Crippen MR) is 78.5 cm³/mol. The molecule has 1 unspecified atom stereocenters. The molecule has 0 aromatic carbocycles. The number of carbonyl (C=O) groups excluding carboxylic acids is 1. The normalized spacial score (nSPS) is 13.9. The van der Waals surface area contributed by atoms with E-state index >= 15 is 0 Å². The smallest absolute Gasteiger partial charge is 0.408 e. The van der Waals surface area contributed by atoms with E-state index in [1.807, 2.05) is 0 Å². The summed E-state index contributed by atoms with van der Waals surface area (Å²) in [7, 11) is 0. The summed E-state index contributed by atoms with van der Waals surface area (Å²) in [5.74, 6) is -1.11. The Morgan fingerprint density at radius 1 is 1.40 bits per heavy atom. The topological polar surface area (TPSA) is 75.6 Å². The summed E-state index contributed by atoms with van der Waals surface area (Å²) >= 11 is 0. The summed E-state index contributed by atoms with van der Waals surface area (Å²) in [6.45, 7) is 10.5. The molecule has 0 fully saturated rings. The summed E-state index contributed by atoms with van der Waals surface area (Å²) in [6.07, 6.45) is 6.28. The zero-order chi connectivity index (χ0) is 15.8. The highest BCUT2D eigenvalue weighted by Gasteiger charge is 2.24. The molecule has 0 saturated carbocycles. The van der Waals surface area contributed by atoms with Gasteiger partial charge in [-0.05, 0) is 33.3 Å². The Kier molecular flexibility index (Phi) is 7.36. The van der Waals surface area contributed by atoms with Crippen LogP contribution in [0.2, 0.25) is 0 Å². The van der Waals surface area contributed by atoms with Crippen molar-refractivity contribution in [3.8, 4) is 0 Å². The molecular weight excluding hydrogens is 258 g/mol. The second-order valence-electron chi connectivity index (χ2n) is 5.20. The number of carbonyl (C=O) groups is 2. The van der Waals surface area contributed by atoms with Gasteiger partial charge in [0.25, 0.3) is 0 Å². The first-order valence-electron chi connectivity index (χ1n) is 6.36. The van der Waals surface area contributed by atoms with Crippen LogP contribution >= 0.6 is 0 Å². The second kappa shape index (κ2) is 8.19. The van der Waals surface area contributed by atoms with Crippen LogP contribution in [0.15, 0.2) is 36.5 Å². The minimum absolute atomic E-state index is 0.176. The molecule has 1 atom stereocenters. The van der Waals surface area contributed by atoms with Crippen LogP contribution < -0.4 is 5.32 Å². The van der Waals surface area contributed by atoms with Crippen molar-refractivity contribution in [1.29, 1.82) is 0 Å². The minimum atomic E-state index is -1.11. The number of amides is 1. The molecule has 0 spiro atoms. The van der Waals surface area contributed by atoms with E-state index in [0.717, 1.165) is 5.57 Å². The Hall–Kier alpha value is -2.04. The predicted octanol–water partition coefficient (Wildman–Crippen LogP) is 3.04. The molecule has 5 nitrogen and oxygen atoms in total. The first-order valence-corrected chi connectivity index (χ1v) is 6.36. The molecular formula is C15H23NO4. The van der Waals surface area contributed by atoms with Crippen molar-refractivity contribution in [2.45, 2.75) is 45.8 Å². The van der Waals surface area contributed by atoms with Gasteiger partial charge in [-0.3, -0.25) is 0 Å². The van der Waals surface area contributed by atoms with Crippen molar-refractivity contribution in [2.24, 2.45) is 0 Å². The molecule has 0 radical (unpaired) electrons. The number of hydrogen-bond donors (Lipinski definition) is 2. The van der Waals surface area contributed by atoms with Crippen LogP contribution in [0.4, 0.5) is 4.79 Å². The first-order chi connectivity index (χ1) is 9.19. The maximum Gasteiger partial charge on any atom is 0.408 e. The van der Waals surface area contributed by atoms with E-state index in [9.17, 15) is 9.59 Å². The largest absolute Gasteiger partial charge is 0.480 e. The number of hydrogen-bond acceptors (Lipinski definition) is 3. The Morgan fingerprint density at radius 3 is 2.40 bits per heavy atom. The number of alkyl carbamates (subject to hydrolysis) is 1. The van der Waals surface area contributed by atoms with Crippen LogP contribution in [0.25, 0.3) is 0 Å². The van der Waals surface area contributed by atoms with Gasteiger partial charge in [0.05, 0.1) is 0 Å². The van der Waals surface area contributed by atoms with Crippen LogP contribution in [0.3, 0.4) is 0 Å². The number of allylic oxidation sites excluding steroid dienone is 4. The number of ether oxygens (including phenoxy) is 1. The molecule has 1 amide bonds. The summed E-state index contributed by atoms with van der Waals surface area (Å²) in [5.41, 5.74) is 0.118. The maximum absolute atomic E-state index is 11.6. The van der Waals surface area contributed by atoms with E-state index in [1.54, 1.807) is 52.0 Å². The first kappa shape index (κ1) is 18.0. The zero-order valence-electron chi connectivity index (χ0n) is 12.5. The minimum Gasteiger partial charge on any atom is -0.480 e. The third-order valence-electron chi connectivity index (χ3n) is 2.25. The lowest BCUT2D eigenvalue weighted by atomic mass is 10.1. The van der Waals surface area contributed by atoms with E-state index in [-0.39, 0.29) is 6.42 Å². The second-order valence-corrected chi connectivity index (χ2v) is 5.20. The van der Waals surface area contributed by atoms with Crippen LogP contribution in [0.5, 0.6) is 0 Å². The highest BCUT2D eigenvalue weighted by molar-refractivity contribution is 5.80. The molecule has 0 bridgehead atoms. The molecule has 0 aromatic rings. The fraction of sp³-hybridized carbons (Fsp3) is 0.467. The standard InChI is InChI=1S/C15H23NO4/c1-6-8-9-11(7-2)10-12(13(17)18)16-14(19)20-15(3,4)5/h6-9,12H,1,10H2,2-5H3,(H,16,19)(H,17,18)/b9-8-,11-7+. The lowest BCUT2D eigenvalue weighted by Crippen LogP contribution is -2.43. The Labute approximate surface area is 120 Å². The lowest BCUT2D eigenvalue weighted by molar-refractivity contribution is -0.139. The molecule has 0 rings (SSSR count). The van der Waals surface area contributed by atoms with Gasteiger partial charge in [0.1, 0.15) is 11.6 Å². The summed E-state index contributed by atoms with van der Waals surface area (Å²) < 4.78 is 5.05. The van der Waals surface area contributed by atoms with Gasteiger partial charge in [-0.1, -0.05) is 30.9 Å². The van der Waals surface area contributed by atoms with Crippen molar-refractivity contribution in [2.75, 3.05) is 0 Å². The third kappa shape index (κ3) is 8.13. The number of carboxylic acid groups (broad SMARTS) is 1. The monoisotopic (exact) mass is 281 g/mol. The van der Waals surface area contributed by atoms with Crippen molar-refractivity contribution in [3.63, 3.8) is 0 Å². The number of nitrogens with one attached hydrogen (secondary N) is 1. The highest BCUT2D eigenvalue weighted by atomic mass is 16.6. The van der Waals surface area contributed by atoms with Gasteiger partial charge in [0.15, 0.2) is 0 Å². The fourth-order valence-corrected chi connectivity index (χ4v) is 1.36. The van der Waals surface area contributed by atoms with E-state index in [4.69, 9.17) is 9.84 Å². The molecule has 0 saturated heterocycles. The maximum atomic E-state index is 11.6. The van der Waals surface area contributed by atoms with Gasteiger partial charge in [-0.25, -0.2) is 9.59 Å². The molecule has 0 aromatic heterocycles. The molecule has 0 aliphatic rings. The molecule has 2 N–H and O–H groups in total. The van der Waals surface area contributed by atoms with Crippen molar-refractivity contribution in [1.82, 2.24) is 5.32 Å². The summed E-state index contributed by atoms with van der Waals surface area (Å²) in [5, 5.41) is 11.5. The average molecular weight is 281 g/mol. The van der Waals surface area contributed by atoms with Gasteiger partial charge in [-0.15, -0.1) is 0 Å². The SMILES string of the molecule is C=C/C=C\C(=C/C)CC(NC(=O)OC(C)(C)C)C(=O)O. The Bertz CT molecular complexity index is 416. The van der Waals surface area contributed by atoms with Crippen LogP contribution in [-0.4, -0.2) is 28.8 Å². The molecule has 0 aliphatic carbocycles. The van der Waals surface area contributed by atoms with E-state index in [1.165, 1.54) is 0 Å². The van der Waals surface area contributed by atoms with Crippen LogP contribution in [-0.2, 0) is 9.53 Å². The molecule has 20 heavy (non-hydrogen) atoms. The van der Waals surface area contributed by atoms with E-state index in [2.05, 4.69) is 11.9 Å². The van der Waals surface area contributed by atoms with Crippen molar-refractivity contribution >= 4 is 12.1 Å². The number of rotatable bonds is 6. The van der Waals surface area contributed by atoms with Gasteiger partial charge < -0.3 is 15.2 Å². The van der Waals surface area contributed by atoms with E-state index < -0.39 is 23.7 Å². The molecule has 5 heteroatoms. The van der Waals surface area contributed by atoms with Gasteiger partial charge in [0.2, 0.25) is 0 Å². The molecule has 0 heterocycles. The lowest BCUT2D eigenvalue weighted by Gasteiger charge is -2.22. The number of aliphatic carboxylic acids is 1. The highest BCUT2D eigenvalue weighted by Crippen LogP contribution is 2.11. The van der Waals surface area contributed by atoms with Gasteiger partial charge in [0, 0.05) is 6.42 Å². The van der Waals surface area contributed by atoms with E-state index in [0.29, 0.717) is 0 Å². The zero-order valence-corrected chi connectivity index (χ0v) is 12.5.